The summed E-state index contributed by atoms with van der Waals surface area (Å²) in [5.74, 6) is 1.03. The maximum absolute atomic E-state index is 12.5. The van der Waals surface area contributed by atoms with Gasteiger partial charge in [-0.3, -0.25) is 9.10 Å². The molecule has 0 radical (unpaired) electrons. The zero-order valence-electron chi connectivity index (χ0n) is 15.9. The summed E-state index contributed by atoms with van der Waals surface area (Å²) in [6.45, 7) is 2.46. The van der Waals surface area contributed by atoms with Crippen molar-refractivity contribution < 1.29 is 17.9 Å². The van der Waals surface area contributed by atoms with Gasteiger partial charge in [-0.05, 0) is 37.5 Å². The van der Waals surface area contributed by atoms with Crippen molar-refractivity contribution >= 4 is 33.4 Å². The van der Waals surface area contributed by atoms with Crippen LogP contribution in [0.4, 0.5) is 5.69 Å². The predicted octanol–water partition coefficient (Wildman–Crippen LogP) is 2.70. The summed E-state index contributed by atoms with van der Waals surface area (Å²) >= 11 is 1.92. The lowest BCUT2D eigenvalue weighted by atomic mass is 10.0. The fourth-order valence-electron chi connectivity index (χ4n) is 3.56. The molecule has 1 saturated carbocycles. The molecule has 150 valence electrons. The van der Waals surface area contributed by atoms with Crippen LogP contribution >= 0.6 is 11.8 Å². The Morgan fingerprint density at radius 1 is 1.30 bits per heavy atom. The summed E-state index contributed by atoms with van der Waals surface area (Å²) in [4.78, 5) is 12.5. The van der Waals surface area contributed by atoms with Gasteiger partial charge in [0, 0.05) is 17.5 Å². The Hall–Kier alpha value is -1.41. The number of carbonyl (C=O) groups excluding carboxylic acids is 1. The fraction of sp³-hybridized carbons (Fsp3) is 0.632. The van der Waals surface area contributed by atoms with E-state index < -0.39 is 16.1 Å². The maximum atomic E-state index is 12.5. The van der Waals surface area contributed by atoms with Crippen LogP contribution in [0.15, 0.2) is 18.2 Å². The van der Waals surface area contributed by atoms with Gasteiger partial charge < -0.3 is 10.1 Å². The number of ether oxygens (including phenoxy) is 1. The number of hydrogen-bond acceptors (Lipinski definition) is 5. The number of amides is 1. The van der Waals surface area contributed by atoms with Crippen molar-refractivity contribution in [3.63, 3.8) is 0 Å². The quantitative estimate of drug-likeness (QED) is 0.727. The second-order valence-electron chi connectivity index (χ2n) is 7.29. The average Bonchev–Trinajstić information content (AvgIpc) is 2.64. The van der Waals surface area contributed by atoms with Crippen LogP contribution in [0.2, 0.25) is 0 Å². The third-order valence-electron chi connectivity index (χ3n) is 4.98. The van der Waals surface area contributed by atoms with Gasteiger partial charge in [-0.2, -0.15) is 11.8 Å². The topological polar surface area (TPSA) is 75.7 Å². The molecule has 1 atom stereocenters. The first-order valence-electron chi connectivity index (χ1n) is 9.49. The molecule has 1 amide bonds. The summed E-state index contributed by atoms with van der Waals surface area (Å²) in [6, 6.07) is 5.34. The smallest absolute Gasteiger partial charge is 0.263 e. The second kappa shape index (κ2) is 8.73. The Morgan fingerprint density at radius 2 is 2.04 bits per heavy atom. The van der Waals surface area contributed by atoms with E-state index in [4.69, 9.17) is 4.74 Å². The van der Waals surface area contributed by atoms with E-state index >= 15 is 0 Å². The van der Waals surface area contributed by atoms with E-state index in [1.54, 1.807) is 12.1 Å². The molecule has 3 rings (SSSR count). The zero-order valence-corrected chi connectivity index (χ0v) is 17.6. The number of rotatable bonds is 6. The highest BCUT2D eigenvalue weighted by Gasteiger charge is 2.34. The third-order valence-corrected chi connectivity index (χ3v) is 7.51. The molecule has 0 spiro atoms. The van der Waals surface area contributed by atoms with Gasteiger partial charge in [0.1, 0.15) is 5.75 Å². The molecule has 1 aromatic carbocycles. The Balaban J connectivity index is 1.58. The minimum Gasteiger partial charge on any atom is -0.476 e. The largest absolute Gasteiger partial charge is 0.476 e. The van der Waals surface area contributed by atoms with Gasteiger partial charge in [-0.15, -0.1) is 0 Å². The standard InChI is InChI=1S/C19H28N2O4S2/c1-14-8-9-17-16(12-14)21(27(2,23)24)13-18(25-17)19(22)20-10-11-26-15-6-4-3-5-7-15/h8-9,12,15,18H,3-7,10-11,13H2,1-2H3,(H,20,22)/t18-/m1/s1. The summed E-state index contributed by atoms with van der Waals surface area (Å²) in [5.41, 5.74) is 1.43. The van der Waals surface area contributed by atoms with Crippen molar-refractivity contribution in [3.8, 4) is 5.75 Å². The van der Waals surface area contributed by atoms with Gasteiger partial charge in [0.25, 0.3) is 5.91 Å². The molecule has 1 heterocycles. The molecule has 2 aliphatic rings. The molecule has 6 nitrogen and oxygen atoms in total. The van der Waals surface area contributed by atoms with Crippen molar-refractivity contribution in [1.82, 2.24) is 5.32 Å². The SMILES string of the molecule is Cc1ccc2c(c1)N(S(C)(=O)=O)C[C@H](C(=O)NCCSC1CCCCC1)O2. The molecule has 1 fully saturated rings. The first kappa shape index (κ1) is 20.3. The molecule has 8 heteroatoms. The number of benzene rings is 1. The molecular weight excluding hydrogens is 384 g/mol. The Bertz CT molecular complexity index is 776. The van der Waals surface area contributed by atoms with E-state index in [0.29, 0.717) is 23.2 Å². The number of carbonyl (C=O) groups is 1. The monoisotopic (exact) mass is 412 g/mol. The van der Waals surface area contributed by atoms with Crippen LogP contribution in [0.3, 0.4) is 0 Å². The van der Waals surface area contributed by atoms with Crippen LogP contribution in [-0.4, -0.2) is 50.8 Å². The number of hydrogen-bond donors (Lipinski definition) is 1. The summed E-state index contributed by atoms with van der Waals surface area (Å²) in [7, 11) is -3.49. The number of thioether (sulfide) groups is 1. The molecule has 27 heavy (non-hydrogen) atoms. The van der Waals surface area contributed by atoms with Gasteiger partial charge in [-0.25, -0.2) is 8.42 Å². The lowest BCUT2D eigenvalue weighted by molar-refractivity contribution is -0.127. The van der Waals surface area contributed by atoms with Crippen molar-refractivity contribution in [1.29, 1.82) is 0 Å². The minimum atomic E-state index is -3.49. The van der Waals surface area contributed by atoms with Crippen LogP contribution in [0, 0.1) is 6.92 Å². The normalized spacial score (nSPS) is 20.7. The minimum absolute atomic E-state index is 0.00309. The van der Waals surface area contributed by atoms with Gasteiger partial charge in [0.2, 0.25) is 10.0 Å². The van der Waals surface area contributed by atoms with E-state index in [2.05, 4.69) is 5.32 Å². The van der Waals surface area contributed by atoms with E-state index in [1.165, 1.54) is 36.4 Å². The number of anilines is 1. The van der Waals surface area contributed by atoms with Gasteiger partial charge in [0.05, 0.1) is 18.5 Å². The Labute approximate surface area is 166 Å². The number of fused-ring (bicyclic) bond motifs is 1. The third kappa shape index (κ3) is 5.31. The molecule has 0 saturated heterocycles. The Kier molecular flexibility index (Phi) is 6.57. The van der Waals surface area contributed by atoms with E-state index in [9.17, 15) is 13.2 Å². The molecule has 1 aromatic rings. The van der Waals surface area contributed by atoms with E-state index in [-0.39, 0.29) is 12.5 Å². The average molecular weight is 413 g/mol. The lowest BCUT2D eigenvalue weighted by Crippen LogP contribution is -2.50. The van der Waals surface area contributed by atoms with Crippen molar-refractivity contribution in [3.05, 3.63) is 23.8 Å². The second-order valence-corrected chi connectivity index (χ2v) is 10.6. The number of nitrogens with one attached hydrogen (secondary N) is 1. The summed E-state index contributed by atoms with van der Waals surface area (Å²) < 4.78 is 31.5. The predicted molar refractivity (Wildman–Crippen MR) is 110 cm³/mol. The molecule has 0 bridgehead atoms. The Morgan fingerprint density at radius 3 is 2.74 bits per heavy atom. The molecule has 0 aromatic heterocycles. The number of nitrogens with zero attached hydrogens (tertiary/aromatic N) is 1. The first-order chi connectivity index (χ1) is 12.8. The van der Waals surface area contributed by atoms with Gasteiger partial charge >= 0.3 is 0 Å². The fourth-order valence-corrected chi connectivity index (χ4v) is 5.68. The van der Waals surface area contributed by atoms with Crippen LogP contribution in [0.5, 0.6) is 5.75 Å². The molecule has 1 aliphatic carbocycles. The summed E-state index contributed by atoms with van der Waals surface area (Å²) in [5, 5.41) is 3.61. The van der Waals surface area contributed by atoms with Crippen LogP contribution in [-0.2, 0) is 14.8 Å². The van der Waals surface area contributed by atoms with Crippen LogP contribution < -0.4 is 14.4 Å². The van der Waals surface area contributed by atoms with Gasteiger partial charge in [0.15, 0.2) is 6.10 Å². The van der Waals surface area contributed by atoms with Crippen molar-refractivity contribution in [2.75, 3.05) is 29.4 Å². The van der Waals surface area contributed by atoms with E-state index in [1.807, 2.05) is 24.8 Å². The van der Waals surface area contributed by atoms with Crippen LogP contribution in [0.25, 0.3) is 0 Å². The molecular formula is C19H28N2O4S2. The molecule has 0 unspecified atom stereocenters. The zero-order chi connectivity index (χ0) is 19.4. The van der Waals surface area contributed by atoms with E-state index in [0.717, 1.165) is 17.6 Å². The summed E-state index contributed by atoms with van der Waals surface area (Å²) in [6.07, 6.45) is 6.80. The highest BCUT2D eigenvalue weighted by atomic mass is 32.2. The van der Waals surface area contributed by atoms with Crippen molar-refractivity contribution in [2.24, 2.45) is 0 Å². The molecule has 1 N–H and O–H groups in total. The van der Waals surface area contributed by atoms with Gasteiger partial charge in [-0.1, -0.05) is 25.3 Å². The highest BCUT2D eigenvalue weighted by molar-refractivity contribution is 7.99. The number of sulfonamides is 1. The highest BCUT2D eigenvalue weighted by Crippen LogP contribution is 2.35. The maximum Gasteiger partial charge on any atom is 0.263 e. The molecule has 1 aliphatic heterocycles. The lowest BCUT2D eigenvalue weighted by Gasteiger charge is -2.34. The van der Waals surface area contributed by atoms with Crippen molar-refractivity contribution in [2.45, 2.75) is 50.4 Å². The number of aryl methyl sites for hydroxylation is 1. The first-order valence-corrected chi connectivity index (χ1v) is 12.4. The van der Waals surface area contributed by atoms with Crippen LogP contribution in [0.1, 0.15) is 37.7 Å².